The lowest BCUT2D eigenvalue weighted by molar-refractivity contribution is -0.134. The van der Waals surface area contributed by atoms with Crippen molar-refractivity contribution >= 4 is 6.03 Å². The average molecular weight is 349 g/mol. The average Bonchev–Trinajstić information content (AvgIpc) is 2.98. The van der Waals surface area contributed by atoms with Crippen LogP contribution in [-0.2, 0) is 11.3 Å². The molecule has 2 N–H and O–H groups in total. The van der Waals surface area contributed by atoms with Gasteiger partial charge in [-0.25, -0.2) is 4.79 Å². The monoisotopic (exact) mass is 349 g/mol. The number of fused-ring (bicyclic) bond motifs is 1. The van der Waals surface area contributed by atoms with Gasteiger partial charge in [0, 0.05) is 24.6 Å². The van der Waals surface area contributed by atoms with Crippen LogP contribution in [-0.4, -0.2) is 39.5 Å². The van der Waals surface area contributed by atoms with Crippen molar-refractivity contribution in [3.63, 3.8) is 0 Å². The van der Waals surface area contributed by atoms with Crippen molar-refractivity contribution in [3.8, 4) is 0 Å². The van der Waals surface area contributed by atoms with Gasteiger partial charge in [0.1, 0.15) is 5.82 Å². The smallest absolute Gasteiger partial charge is 0.315 e. The van der Waals surface area contributed by atoms with Gasteiger partial charge in [-0.15, -0.1) is 10.2 Å². The van der Waals surface area contributed by atoms with Crippen LogP contribution in [0.5, 0.6) is 0 Å². The predicted molar refractivity (Wildman–Crippen MR) is 95.2 cm³/mol. The van der Waals surface area contributed by atoms with Gasteiger partial charge >= 0.3 is 6.03 Å². The van der Waals surface area contributed by atoms with Gasteiger partial charge in [0.25, 0.3) is 0 Å². The SMILES string of the molecule is CCO[C@@H]1C[C@@H](NC(=O)N[C@@H]2CCCn3c(C)nnc32)C1(CC)CC. The van der Waals surface area contributed by atoms with E-state index in [1.807, 2.05) is 13.8 Å². The van der Waals surface area contributed by atoms with Crippen molar-refractivity contribution in [2.45, 2.75) is 84.5 Å². The molecule has 2 amide bonds. The van der Waals surface area contributed by atoms with Crippen LogP contribution in [0, 0.1) is 12.3 Å². The summed E-state index contributed by atoms with van der Waals surface area (Å²) in [7, 11) is 0. The number of carbonyl (C=O) groups is 1. The third-order valence-electron chi connectivity index (χ3n) is 6.23. The molecule has 0 saturated heterocycles. The maximum atomic E-state index is 12.6. The minimum Gasteiger partial charge on any atom is -0.378 e. The van der Waals surface area contributed by atoms with Gasteiger partial charge < -0.3 is 19.9 Å². The molecule has 3 atom stereocenters. The van der Waals surface area contributed by atoms with Crippen molar-refractivity contribution in [3.05, 3.63) is 11.6 Å². The van der Waals surface area contributed by atoms with Crippen LogP contribution in [0.3, 0.4) is 0 Å². The van der Waals surface area contributed by atoms with Crippen LogP contribution < -0.4 is 10.6 Å². The molecule has 1 fully saturated rings. The molecule has 140 valence electrons. The van der Waals surface area contributed by atoms with Gasteiger partial charge in [0.05, 0.1) is 12.1 Å². The van der Waals surface area contributed by atoms with Gasteiger partial charge in [0.2, 0.25) is 0 Å². The Balaban J connectivity index is 1.62. The number of rotatable bonds is 6. The second-order valence-electron chi connectivity index (χ2n) is 7.24. The molecule has 0 radical (unpaired) electrons. The first kappa shape index (κ1) is 18.2. The molecular weight excluding hydrogens is 318 g/mol. The summed E-state index contributed by atoms with van der Waals surface area (Å²) in [6.07, 6.45) is 5.10. The molecule has 0 bridgehead atoms. The number of aromatic nitrogens is 3. The highest BCUT2D eigenvalue weighted by Gasteiger charge is 2.53. The molecule has 7 nitrogen and oxygen atoms in total. The Labute approximate surface area is 149 Å². The largest absolute Gasteiger partial charge is 0.378 e. The lowest BCUT2D eigenvalue weighted by atomic mass is 9.58. The number of amides is 2. The van der Waals surface area contributed by atoms with E-state index in [4.69, 9.17) is 4.74 Å². The van der Waals surface area contributed by atoms with Crippen molar-refractivity contribution in [1.82, 2.24) is 25.4 Å². The Bertz CT molecular complexity index is 611. The Morgan fingerprint density at radius 3 is 2.72 bits per heavy atom. The summed E-state index contributed by atoms with van der Waals surface area (Å²) in [5.74, 6) is 1.79. The van der Waals surface area contributed by atoms with Crippen LogP contribution in [0.1, 0.15) is 70.6 Å². The minimum absolute atomic E-state index is 0.0521. The quantitative estimate of drug-likeness (QED) is 0.827. The maximum absolute atomic E-state index is 12.6. The fraction of sp³-hybridized carbons (Fsp3) is 0.833. The number of carbonyl (C=O) groups excluding carboxylic acids is 1. The summed E-state index contributed by atoms with van der Waals surface area (Å²) in [5, 5.41) is 14.7. The number of aryl methyl sites for hydroxylation is 1. The summed E-state index contributed by atoms with van der Waals surface area (Å²) < 4.78 is 8.00. The first-order chi connectivity index (χ1) is 12.1. The molecule has 0 unspecified atom stereocenters. The van der Waals surface area contributed by atoms with E-state index in [1.165, 1.54) is 0 Å². The molecule has 1 aromatic rings. The van der Waals surface area contributed by atoms with Crippen LogP contribution >= 0.6 is 0 Å². The molecule has 3 rings (SSSR count). The normalized spacial score (nSPS) is 27.3. The third kappa shape index (κ3) is 3.14. The molecule has 25 heavy (non-hydrogen) atoms. The zero-order valence-corrected chi connectivity index (χ0v) is 15.8. The van der Waals surface area contributed by atoms with Crippen molar-refractivity contribution in [2.24, 2.45) is 5.41 Å². The van der Waals surface area contributed by atoms with Gasteiger partial charge in [-0.05, 0) is 46.0 Å². The van der Waals surface area contributed by atoms with E-state index in [0.717, 1.165) is 56.9 Å². The molecular formula is C18H31N5O2. The highest BCUT2D eigenvalue weighted by atomic mass is 16.5. The molecule has 1 aliphatic heterocycles. The van der Waals surface area contributed by atoms with Crippen molar-refractivity contribution in [2.75, 3.05) is 6.61 Å². The maximum Gasteiger partial charge on any atom is 0.315 e. The van der Waals surface area contributed by atoms with Crippen LogP contribution in [0.15, 0.2) is 0 Å². The van der Waals surface area contributed by atoms with Gasteiger partial charge in [-0.1, -0.05) is 13.8 Å². The summed E-state index contributed by atoms with van der Waals surface area (Å²) in [4.78, 5) is 12.6. The van der Waals surface area contributed by atoms with Crippen LogP contribution in [0.4, 0.5) is 4.79 Å². The van der Waals surface area contributed by atoms with E-state index in [0.29, 0.717) is 0 Å². The highest BCUT2D eigenvalue weighted by molar-refractivity contribution is 5.75. The van der Waals surface area contributed by atoms with Crippen molar-refractivity contribution < 1.29 is 9.53 Å². The van der Waals surface area contributed by atoms with Crippen LogP contribution in [0.25, 0.3) is 0 Å². The number of hydrogen-bond donors (Lipinski definition) is 2. The van der Waals surface area contributed by atoms with Gasteiger partial charge in [-0.3, -0.25) is 0 Å². The first-order valence-electron chi connectivity index (χ1n) is 9.64. The zero-order chi connectivity index (χ0) is 18.0. The lowest BCUT2D eigenvalue weighted by Gasteiger charge is -2.55. The third-order valence-corrected chi connectivity index (χ3v) is 6.23. The standard InChI is InChI=1S/C18H31N5O2/c1-5-18(6-2)14(11-15(18)25-7-3)20-17(24)19-13-9-8-10-23-12(4)21-22-16(13)23/h13-15H,5-11H2,1-4H3,(H2,19,20,24)/t13-,14-,15-/m1/s1. The molecule has 1 aliphatic carbocycles. The number of urea groups is 1. The van der Waals surface area contributed by atoms with E-state index in [2.05, 4.69) is 39.2 Å². The topological polar surface area (TPSA) is 81.1 Å². The molecule has 2 heterocycles. The summed E-state index contributed by atoms with van der Waals surface area (Å²) >= 11 is 0. The summed E-state index contributed by atoms with van der Waals surface area (Å²) in [5.41, 5.74) is 0.0521. The van der Waals surface area contributed by atoms with E-state index >= 15 is 0 Å². The molecule has 7 heteroatoms. The summed E-state index contributed by atoms with van der Waals surface area (Å²) in [6.45, 7) is 10.0. The number of nitrogens with one attached hydrogen (secondary N) is 2. The second kappa shape index (κ2) is 7.32. The predicted octanol–water partition coefficient (Wildman–Crippen LogP) is 2.70. The van der Waals surface area contributed by atoms with Crippen LogP contribution in [0.2, 0.25) is 0 Å². The van der Waals surface area contributed by atoms with E-state index in [1.54, 1.807) is 0 Å². The van der Waals surface area contributed by atoms with E-state index in [-0.39, 0.29) is 29.6 Å². The Morgan fingerprint density at radius 1 is 1.28 bits per heavy atom. The van der Waals surface area contributed by atoms with E-state index in [9.17, 15) is 4.79 Å². The first-order valence-corrected chi connectivity index (χ1v) is 9.64. The zero-order valence-electron chi connectivity index (χ0n) is 15.8. The number of ether oxygens (including phenoxy) is 1. The Morgan fingerprint density at radius 2 is 2.04 bits per heavy atom. The summed E-state index contributed by atoms with van der Waals surface area (Å²) in [6, 6.07) is 0.00272. The molecule has 1 saturated carbocycles. The van der Waals surface area contributed by atoms with Gasteiger partial charge in [-0.2, -0.15) is 0 Å². The number of hydrogen-bond acceptors (Lipinski definition) is 4. The molecule has 0 aromatic carbocycles. The van der Waals surface area contributed by atoms with Gasteiger partial charge in [0.15, 0.2) is 5.82 Å². The fourth-order valence-electron chi connectivity index (χ4n) is 4.59. The second-order valence-corrected chi connectivity index (χ2v) is 7.24. The highest BCUT2D eigenvalue weighted by Crippen LogP contribution is 2.48. The number of nitrogens with zero attached hydrogens (tertiary/aromatic N) is 3. The fourth-order valence-corrected chi connectivity index (χ4v) is 4.59. The Hall–Kier alpha value is -1.63. The lowest BCUT2D eigenvalue weighted by Crippen LogP contribution is -2.65. The van der Waals surface area contributed by atoms with E-state index < -0.39 is 0 Å². The Kier molecular flexibility index (Phi) is 5.32. The minimum atomic E-state index is -0.106. The molecule has 0 spiro atoms. The van der Waals surface area contributed by atoms with Crippen molar-refractivity contribution in [1.29, 1.82) is 0 Å². The molecule has 2 aliphatic rings. The molecule has 1 aromatic heterocycles.